The first-order valence-corrected chi connectivity index (χ1v) is 8.74. The molecule has 2 heterocycles. The third kappa shape index (κ3) is 3.85. The maximum absolute atomic E-state index is 6.04. The molecule has 5 nitrogen and oxygen atoms in total. The van der Waals surface area contributed by atoms with Gasteiger partial charge in [-0.1, -0.05) is 30.3 Å². The average Bonchev–Trinajstić information content (AvgIpc) is 3.01. The van der Waals surface area contributed by atoms with E-state index < -0.39 is 0 Å². The van der Waals surface area contributed by atoms with Crippen LogP contribution < -0.4 is 5.32 Å². The zero-order chi connectivity index (χ0) is 16.1. The van der Waals surface area contributed by atoms with Gasteiger partial charge in [-0.2, -0.15) is 0 Å². The summed E-state index contributed by atoms with van der Waals surface area (Å²) in [6.45, 7) is 10.7. The normalized spacial score (nSPS) is 25.5. The van der Waals surface area contributed by atoms with Gasteiger partial charge < -0.3 is 15.0 Å². The second kappa shape index (κ2) is 7.79. The summed E-state index contributed by atoms with van der Waals surface area (Å²) in [6, 6.07) is 11.2. The van der Waals surface area contributed by atoms with E-state index in [1.807, 2.05) is 0 Å². The van der Waals surface area contributed by atoms with Crippen molar-refractivity contribution in [2.75, 3.05) is 39.3 Å². The summed E-state index contributed by atoms with van der Waals surface area (Å²) in [7, 11) is 0. The number of nitrogens with zero attached hydrogens (tertiary/aromatic N) is 3. The minimum Gasteiger partial charge on any atom is -0.373 e. The molecule has 0 radical (unpaired) electrons. The highest BCUT2D eigenvalue weighted by atomic mass is 16.5. The summed E-state index contributed by atoms with van der Waals surface area (Å²) in [5.74, 6) is 1.02. The highest BCUT2D eigenvalue weighted by molar-refractivity contribution is 5.80. The monoisotopic (exact) mass is 316 g/mol. The molecule has 0 spiro atoms. The van der Waals surface area contributed by atoms with Crippen molar-refractivity contribution in [2.24, 2.45) is 4.99 Å². The lowest BCUT2D eigenvalue weighted by Crippen LogP contribution is -2.50. The molecule has 2 saturated heterocycles. The molecule has 0 amide bonds. The smallest absolute Gasteiger partial charge is 0.194 e. The van der Waals surface area contributed by atoms with Crippen molar-refractivity contribution < 1.29 is 4.74 Å². The first-order chi connectivity index (χ1) is 11.3. The van der Waals surface area contributed by atoms with Gasteiger partial charge in [0.2, 0.25) is 0 Å². The highest BCUT2D eigenvalue weighted by Gasteiger charge is 2.41. The zero-order valence-electron chi connectivity index (χ0n) is 14.2. The van der Waals surface area contributed by atoms with Crippen LogP contribution >= 0.6 is 0 Å². The van der Waals surface area contributed by atoms with Gasteiger partial charge in [0.25, 0.3) is 0 Å². The van der Waals surface area contributed by atoms with Crippen molar-refractivity contribution in [2.45, 2.75) is 32.5 Å². The van der Waals surface area contributed by atoms with E-state index >= 15 is 0 Å². The number of hydrogen-bond donors (Lipinski definition) is 1. The van der Waals surface area contributed by atoms with E-state index in [0.717, 1.165) is 51.8 Å². The molecule has 2 aliphatic heterocycles. The summed E-state index contributed by atoms with van der Waals surface area (Å²) < 4.78 is 6.04. The lowest BCUT2D eigenvalue weighted by molar-refractivity contribution is -0.0502. The quantitative estimate of drug-likeness (QED) is 0.676. The molecule has 2 unspecified atom stereocenters. The van der Waals surface area contributed by atoms with E-state index in [2.05, 4.69) is 64.3 Å². The Morgan fingerprint density at radius 1 is 1.26 bits per heavy atom. The Bertz CT molecular complexity index is 519. The minimum atomic E-state index is 0.285. The van der Waals surface area contributed by atoms with E-state index in [1.165, 1.54) is 5.56 Å². The molecule has 2 atom stereocenters. The Balaban J connectivity index is 1.68. The summed E-state index contributed by atoms with van der Waals surface area (Å²) in [6.07, 6.45) is 0.285. The molecule has 3 rings (SSSR count). The van der Waals surface area contributed by atoms with E-state index in [-0.39, 0.29) is 6.10 Å². The maximum atomic E-state index is 6.04. The Morgan fingerprint density at radius 3 is 2.83 bits per heavy atom. The third-order valence-corrected chi connectivity index (χ3v) is 4.59. The van der Waals surface area contributed by atoms with E-state index in [1.54, 1.807) is 0 Å². The van der Waals surface area contributed by atoms with Gasteiger partial charge >= 0.3 is 0 Å². The average molecular weight is 316 g/mol. The molecule has 0 bridgehead atoms. The fourth-order valence-corrected chi connectivity index (χ4v) is 3.52. The van der Waals surface area contributed by atoms with Gasteiger partial charge in [0, 0.05) is 39.3 Å². The summed E-state index contributed by atoms with van der Waals surface area (Å²) in [5, 5.41) is 3.40. The SMILES string of the molecule is CCN=C(NCC)N1CC2OCCN(Cc3ccccc3)C2C1. The molecule has 0 aromatic heterocycles. The summed E-state index contributed by atoms with van der Waals surface area (Å²) in [5.41, 5.74) is 1.38. The summed E-state index contributed by atoms with van der Waals surface area (Å²) in [4.78, 5) is 9.54. The predicted octanol–water partition coefficient (Wildman–Crippen LogP) is 1.56. The molecular formula is C18H28N4O. The molecule has 1 N–H and O–H groups in total. The van der Waals surface area contributed by atoms with E-state index in [0.29, 0.717) is 6.04 Å². The lowest BCUT2D eigenvalue weighted by atomic mass is 10.1. The topological polar surface area (TPSA) is 40.1 Å². The second-order valence-electron chi connectivity index (χ2n) is 6.17. The molecule has 5 heteroatoms. The van der Waals surface area contributed by atoms with Gasteiger partial charge in [-0.05, 0) is 19.4 Å². The number of nitrogens with one attached hydrogen (secondary N) is 1. The third-order valence-electron chi connectivity index (χ3n) is 4.59. The van der Waals surface area contributed by atoms with Crippen molar-refractivity contribution in [3.8, 4) is 0 Å². The van der Waals surface area contributed by atoms with Crippen LogP contribution in [0.5, 0.6) is 0 Å². The van der Waals surface area contributed by atoms with E-state index in [9.17, 15) is 0 Å². The molecule has 0 saturated carbocycles. The standard InChI is InChI=1S/C18H28N4O/c1-3-19-18(20-4-2)22-13-16-17(14-22)23-11-10-21(16)12-15-8-6-5-7-9-15/h5-9,16-17H,3-4,10-14H2,1-2H3,(H,19,20). The van der Waals surface area contributed by atoms with Crippen LogP contribution in [0, 0.1) is 0 Å². The fourth-order valence-electron chi connectivity index (χ4n) is 3.52. The predicted molar refractivity (Wildman–Crippen MR) is 93.6 cm³/mol. The van der Waals surface area contributed by atoms with Crippen molar-refractivity contribution in [1.82, 2.24) is 15.1 Å². The Labute approximate surface area is 139 Å². The number of aliphatic imine (C=N–C) groups is 1. The van der Waals surface area contributed by atoms with Gasteiger partial charge in [-0.3, -0.25) is 9.89 Å². The zero-order valence-corrected chi connectivity index (χ0v) is 14.2. The number of ether oxygens (including phenoxy) is 1. The molecule has 2 aliphatic rings. The van der Waals surface area contributed by atoms with Crippen molar-refractivity contribution in [1.29, 1.82) is 0 Å². The lowest BCUT2D eigenvalue weighted by Gasteiger charge is -2.36. The highest BCUT2D eigenvalue weighted by Crippen LogP contribution is 2.24. The maximum Gasteiger partial charge on any atom is 0.194 e. The van der Waals surface area contributed by atoms with Crippen LogP contribution in [0.4, 0.5) is 0 Å². The number of likely N-dealkylation sites (tertiary alicyclic amines) is 1. The number of benzene rings is 1. The number of morpholine rings is 1. The van der Waals surface area contributed by atoms with Crippen molar-refractivity contribution in [3.63, 3.8) is 0 Å². The Morgan fingerprint density at radius 2 is 2.09 bits per heavy atom. The van der Waals surface area contributed by atoms with Gasteiger partial charge in [0.05, 0.1) is 18.8 Å². The molecule has 0 aliphatic carbocycles. The number of rotatable bonds is 4. The van der Waals surface area contributed by atoms with Gasteiger partial charge in [-0.25, -0.2) is 0 Å². The molecule has 23 heavy (non-hydrogen) atoms. The fraction of sp³-hybridized carbons (Fsp3) is 0.611. The van der Waals surface area contributed by atoms with E-state index in [4.69, 9.17) is 4.74 Å². The first kappa shape index (κ1) is 16.3. The minimum absolute atomic E-state index is 0.285. The number of fused-ring (bicyclic) bond motifs is 1. The number of guanidine groups is 1. The Kier molecular flexibility index (Phi) is 5.51. The van der Waals surface area contributed by atoms with Crippen LogP contribution in [0.3, 0.4) is 0 Å². The van der Waals surface area contributed by atoms with Gasteiger partial charge in [0.15, 0.2) is 5.96 Å². The molecule has 1 aromatic rings. The van der Waals surface area contributed by atoms with Crippen molar-refractivity contribution in [3.05, 3.63) is 35.9 Å². The molecular weight excluding hydrogens is 288 g/mol. The van der Waals surface area contributed by atoms with Crippen LogP contribution in [-0.2, 0) is 11.3 Å². The number of hydrogen-bond acceptors (Lipinski definition) is 3. The largest absolute Gasteiger partial charge is 0.373 e. The van der Waals surface area contributed by atoms with Crippen LogP contribution in [0.15, 0.2) is 35.3 Å². The van der Waals surface area contributed by atoms with Crippen LogP contribution in [0.25, 0.3) is 0 Å². The molecule has 126 valence electrons. The van der Waals surface area contributed by atoms with Gasteiger partial charge in [0.1, 0.15) is 0 Å². The molecule has 2 fully saturated rings. The van der Waals surface area contributed by atoms with Crippen molar-refractivity contribution >= 4 is 5.96 Å². The Hall–Kier alpha value is -1.59. The summed E-state index contributed by atoms with van der Waals surface area (Å²) >= 11 is 0. The molecule has 1 aromatic carbocycles. The van der Waals surface area contributed by atoms with Crippen LogP contribution in [-0.4, -0.2) is 67.2 Å². The van der Waals surface area contributed by atoms with Crippen LogP contribution in [0.1, 0.15) is 19.4 Å². The second-order valence-corrected chi connectivity index (χ2v) is 6.17. The van der Waals surface area contributed by atoms with Crippen LogP contribution in [0.2, 0.25) is 0 Å². The van der Waals surface area contributed by atoms with Gasteiger partial charge in [-0.15, -0.1) is 0 Å². The first-order valence-electron chi connectivity index (χ1n) is 8.74.